The molecule has 0 spiro atoms. The number of carbonyl (C=O) groups is 2. The lowest BCUT2D eigenvalue weighted by Crippen LogP contribution is -2.27. The van der Waals surface area contributed by atoms with Gasteiger partial charge in [0.15, 0.2) is 6.61 Å². The molecule has 2 amide bonds. The Kier molecular flexibility index (Phi) is 7.94. The van der Waals surface area contributed by atoms with E-state index in [9.17, 15) is 9.59 Å². The van der Waals surface area contributed by atoms with Crippen molar-refractivity contribution in [2.45, 2.75) is 19.8 Å². The predicted molar refractivity (Wildman–Crippen MR) is 107 cm³/mol. The van der Waals surface area contributed by atoms with Gasteiger partial charge in [-0.05, 0) is 36.8 Å². The first-order valence-electron chi connectivity index (χ1n) is 8.26. The lowest BCUT2D eigenvalue weighted by atomic mass is 10.1. The van der Waals surface area contributed by atoms with Crippen LogP contribution < -0.4 is 15.4 Å². The molecule has 2 N–H and O–H groups in total. The number of amides is 2. The van der Waals surface area contributed by atoms with Gasteiger partial charge in [-0.3, -0.25) is 9.59 Å². The lowest BCUT2D eigenvalue weighted by molar-refractivity contribution is -0.118. The highest BCUT2D eigenvalue weighted by molar-refractivity contribution is 9.10. The van der Waals surface area contributed by atoms with Crippen LogP contribution in [0.5, 0.6) is 5.75 Å². The fourth-order valence-corrected chi connectivity index (χ4v) is 2.91. The van der Waals surface area contributed by atoms with Crippen molar-refractivity contribution in [3.63, 3.8) is 0 Å². The molecule has 0 fully saturated rings. The van der Waals surface area contributed by atoms with E-state index in [1.807, 2.05) is 0 Å². The molecule has 0 atom stereocenters. The Labute approximate surface area is 166 Å². The van der Waals surface area contributed by atoms with Gasteiger partial charge in [-0.15, -0.1) is 0 Å². The summed E-state index contributed by atoms with van der Waals surface area (Å²) in [7, 11) is 0. The SMILES string of the molecule is CCCCNC(=O)c1ccccc1NC(=O)COc1ccc(Br)cc1Cl. The topological polar surface area (TPSA) is 67.4 Å². The number of ether oxygens (including phenoxy) is 1. The first-order valence-corrected chi connectivity index (χ1v) is 9.43. The van der Waals surface area contributed by atoms with E-state index in [0.717, 1.165) is 17.3 Å². The lowest BCUT2D eigenvalue weighted by Gasteiger charge is -2.12. The van der Waals surface area contributed by atoms with Gasteiger partial charge in [-0.2, -0.15) is 0 Å². The summed E-state index contributed by atoms with van der Waals surface area (Å²) in [5.74, 6) is -0.181. The Bertz CT molecular complexity index is 783. The highest BCUT2D eigenvalue weighted by Crippen LogP contribution is 2.27. The number of nitrogens with one attached hydrogen (secondary N) is 2. The quantitative estimate of drug-likeness (QED) is 0.588. The Balaban J connectivity index is 1.97. The molecule has 0 aliphatic heterocycles. The van der Waals surface area contributed by atoms with E-state index in [-0.39, 0.29) is 18.4 Å². The summed E-state index contributed by atoms with van der Waals surface area (Å²) in [4.78, 5) is 24.4. The summed E-state index contributed by atoms with van der Waals surface area (Å²) in [6.07, 6.45) is 1.90. The third-order valence-corrected chi connectivity index (χ3v) is 4.30. The van der Waals surface area contributed by atoms with Crippen LogP contribution in [-0.4, -0.2) is 25.0 Å². The monoisotopic (exact) mass is 438 g/mol. The van der Waals surface area contributed by atoms with Gasteiger partial charge in [0.25, 0.3) is 11.8 Å². The van der Waals surface area contributed by atoms with Crippen LogP contribution in [0, 0.1) is 0 Å². The number of para-hydroxylation sites is 1. The maximum Gasteiger partial charge on any atom is 0.262 e. The number of rotatable bonds is 8. The van der Waals surface area contributed by atoms with Crippen molar-refractivity contribution in [3.05, 3.63) is 57.5 Å². The van der Waals surface area contributed by atoms with Crippen LogP contribution in [0.25, 0.3) is 0 Å². The van der Waals surface area contributed by atoms with Crippen molar-refractivity contribution < 1.29 is 14.3 Å². The molecule has 7 heteroatoms. The average molecular weight is 440 g/mol. The van der Waals surface area contributed by atoms with Crippen LogP contribution >= 0.6 is 27.5 Å². The number of unbranched alkanes of at least 4 members (excludes halogenated alkanes) is 1. The normalized spacial score (nSPS) is 10.3. The zero-order valence-electron chi connectivity index (χ0n) is 14.4. The Morgan fingerprint density at radius 3 is 2.69 bits per heavy atom. The van der Waals surface area contributed by atoms with Crippen LogP contribution in [-0.2, 0) is 4.79 Å². The fraction of sp³-hybridized carbons (Fsp3) is 0.263. The maximum absolute atomic E-state index is 12.3. The molecule has 0 heterocycles. The molecular formula is C19H20BrClN2O3. The highest BCUT2D eigenvalue weighted by atomic mass is 79.9. The number of hydrogen-bond acceptors (Lipinski definition) is 3. The molecule has 0 unspecified atom stereocenters. The minimum Gasteiger partial charge on any atom is -0.482 e. The first-order chi connectivity index (χ1) is 12.5. The number of carbonyl (C=O) groups excluding carboxylic acids is 2. The fourth-order valence-electron chi connectivity index (χ4n) is 2.19. The van der Waals surface area contributed by atoms with Gasteiger partial charge < -0.3 is 15.4 Å². The van der Waals surface area contributed by atoms with Gasteiger partial charge in [0.2, 0.25) is 0 Å². The zero-order valence-corrected chi connectivity index (χ0v) is 16.7. The minimum absolute atomic E-state index is 0.215. The summed E-state index contributed by atoms with van der Waals surface area (Å²) < 4.78 is 6.26. The molecule has 2 aromatic rings. The maximum atomic E-state index is 12.3. The molecule has 138 valence electrons. The van der Waals surface area contributed by atoms with E-state index in [0.29, 0.717) is 28.6 Å². The Morgan fingerprint density at radius 1 is 1.19 bits per heavy atom. The van der Waals surface area contributed by atoms with Gasteiger partial charge in [0.1, 0.15) is 5.75 Å². The van der Waals surface area contributed by atoms with Crippen molar-refractivity contribution >= 4 is 45.0 Å². The molecular weight excluding hydrogens is 420 g/mol. The molecule has 0 bridgehead atoms. The molecule has 26 heavy (non-hydrogen) atoms. The summed E-state index contributed by atoms with van der Waals surface area (Å²) in [5.41, 5.74) is 0.857. The number of halogens is 2. The van der Waals surface area contributed by atoms with E-state index in [1.54, 1.807) is 42.5 Å². The standard InChI is InChI=1S/C19H20BrClN2O3/c1-2-3-10-22-19(25)14-6-4-5-7-16(14)23-18(24)12-26-17-9-8-13(20)11-15(17)21/h4-9,11H,2-3,10,12H2,1H3,(H,22,25)(H,23,24). The molecule has 0 saturated carbocycles. The van der Waals surface area contributed by atoms with Crippen LogP contribution in [0.3, 0.4) is 0 Å². The number of hydrogen-bond donors (Lipinski definition) is 2. The second kappa shape index (κ2) is 10.2. The predicted octanol–water partition coefficient (Wildman–Crippen LogP) is 4.65. The van der Waals surface area contributed by atoms with Crippen LogP contribution in [0.2, 0.25) is 5.02 Å². The Morgan fingerprint density at radius 2 is 1.96 bits per heavy atom. The molecule has 0 aromatic heterocycles. The van der Waals surface area contributed by atoms with E-state index in [1.165, 1.54) is 0 Å². The van der Waals surface area contributed by atoms with Crippen molar-refractivity contribution in [1.82, 2.24) is 5.32 Å². The van der Waals surface area contributed by atoms with E-state index >= 15 is 0 Å². The average Bonchev–Trinajstić information content (AvgIpc) is 2.61. The molecule has 2 rings (SSSR count). The molecule has 5 nitrogen and oxygen atoms in total. The molecule has 2 aromatic carbocycles. The van der Waals surface area contributed by atoms with E-state index < -0.39 is 0 Å². The largest absolute Gasteiger partial charge is 0.482 e. The molecule has 0 aliphatic carbocycles. The van der Waals surface area contributed by atoms with Crippen LogP contribution in [0.4, 0.5) is 5.69 Å². The molecule has 0 saturated heterocycles. The van der Waals surface area contributed by atoms with Gasteiger partial charge in [-0.25, -0.2) is 0 Å². The smallest absolute Gasteiger partial charge is 0.262 e. The van der Waals surface area contributed by atoms with Gasteiger partial charge in [0.05, 0.1) is 16.3 Å². The summed E-state index contributed by atoms with van der Waals surface area (Å²) >= 11 is 9.37. The second-order valence-electron chi connectivity index (χ2n) is 5.57. The van der Waals surface area contributed by atoms with Crippen molar-refractivity contribution in [2.75, 3.05) is 18.5 Å². The van der Waals surface area contributed by atoms with E-state index in [4.69, 9.17) is 16.3 Å². The zero-order chi connectivity index (χ0) is 18.9. The van der Waals surface area contributed by atoms with Crippen LogP contribution in [0.1, 0.15) is 30.1 Å². The van der Waals surface area contributed by atoms with Crippen LogP contribution in [0.15, 0.2) is 46.9 Å². The number of benzene rings is 2. The second-order valence-corrected chi connectivity index (χ2v) is 6.89. The first kappa shape index (κ1) is 20.3. The summed E-state index contributed by atoms with van der Waals surface area (Å²) in [5, 5.41) is 5.95. The number of anilines is 1. The van der Waals surface area contributed by atoms with Crippen molar-refractivity contribution in [3.8, 4) is 5.75 Å². The molecule has 0 radical (unpaired) electrons. The van der Waals surface area contributed by atoms with E-state index in [2.05, 4.69) is 33.5 Å². The van der Waals surface area contributed by atoms with Gasteiger partial charge in [0, 0.05) is 11.0 Å². The minimum atomic E-state index is -0.377. The molecule has 0 aliphatic rings. The summed E-state index contributed by atoms with van der Waals surface area (Å²) in [6, 6.07) is 12.0. The Hall–Kier alpha value is -2.05. The van der Waals surface area contributed by atoms with Crippen molar-refractivity contribution in [1.29, 1.82) is 0 Å². The third kappa shape index (κ3) is 6.04. The van der Waals surface area contributed by atoms with Crippen molar-refractivity contribution in [2.24, 2.45) is 0 Å². The van der Waals surface area contributed by atoms with Gasteiger partial charge >= 0.3 is 0 Å². The third-order valence-electron chi connectivity index (χ3n) is 3.51. The highest BCUT2D eigenvalue weighted by Gasteiger charge is 2.13. The van der Waals surface area contributed by atoms with Gasteiger partial charge in [-0.1, -0.05) is 53.0 Å². The summed E-state index contributed by atoms with van der Waals surface area (Å²) in [6.45, 7) is 2.44.